The van der Waals surface area contributed by atoms with Gasteiger partial charge in [-0.2, -0.15) is 0 Å². The first kappa shape index (κ1) is 15.5. The number of aryl methyl sites for hydroxylation is 1. The number of likely N-dealkylation sites (tertiary alicyclic amines) is 1. The molecule has 2 saturated heterocycles. The Kier molecular flexibility index (Phi) is 4.21. The van der Waals surface area contributed by atoms with Crippen molar-refractivity contribution in [3.05, 3.63) is 41.6 Å². The van der Waals surface area contributed by atoms with Gasteiger partial charge in [0, 0.05) is 17.6 Å². The minimum Gasteiger partial charge on any atom is -0.348 e. The van der Waals surface area contributed by atoms with E-state index in [0.29, 0.717) is 13.2 Å². The fourth-order valence-electron chi connectivity index (χ4n) is 3.73. The second-order valence-corrected chi connectivity index (χ2v) is 6.50. The quantitative estimate of drug-likeness (QED) is 0.851. The van der Waals surface area contributed by atoms with Crippen LogP contribution in [0.15, 0.2) is 30.3 Å². The highest BCUT2D eigenvalue weighted by Gasteiger charge is 2.37. The Bertz CT molecular complexity index is 755. The topological polar surface area (TPSA) is 51.7 Å². The molecule has 0 radical (unpaired) electrons. The minimum atomic E-state index is -0.288. The zero-order valence-electron chi connectivity index (χ0n) is 13.9. The molecule has 0 aliphatic carbocycles. The van der Waals surface area contributed by atoms with Crippen LogP contribution in [0.5, 0.6) is 0 Å². The smallest absolute Gasteiger partial charge is 0.255 e. The second kappa shape index (κ2) is 6.49. The summed E-state index contributed by atoms with van der Waals surface area (Å²) in [5.74, 6) is 0.0560. The highest BCUT2D eigenvalue weighted by Crippen LogP contribution is 2.28. The molecule has 4 rings (SSSR count). The van der Waals surface area contributed by atoms with Gasteiger partial charge in [-0.25, -0.2) is 0 Å². The molecular formula is C19H22N2O3. The van der Waals surface area contributed by atoms with E-state index in [2.05, 4.69) is 4.98 Å². The Balaban J connectivity index is 1.71. The number of rotatable bonds is 2. The number of pyridine rings is 1. The van der Waals surface area contributed by atoms with Crippen LogP contribution in [0, 0.1) is 6.92 Å². The van der Waals surface area contributed by atoms with E-state index in [4.69, 9.17) is 9.47 Å². The molecule has 2 aromatic rings. The monoisotopic (exact) mass is 326 g/mol. The maximum absolute atomic E-state index is 13.3. The first-order valence-corrected chi connectivity index (χ1v) is 8.64. The number of hydrogen-bond donors (Lipinski definition) is 0. The summed E-state index contributed by atoms with van der Waals surface area (Å²) in [5.41, 5.74) is 2.45. The minimum absolute atomic E-state index is 0.000911. The highest BCUT2D eigenvalue weighted by molar-refractivity contribution is 6.06. The van der Waals surface area contributed by atoms with Gasteiger partial charge in [0.15, 0.2) is 6.29 Å². The number of carbonyl (C=O) groups is 1. The van der Waals surface area contributed by atoms with Crippen LogP contribution in [-0.4, -0.2) is 47.9 Å². The second-order valence-electron chi connectivity index (χ2n) is 6.50. The van der Waals surface area contributed by atoms with Crippen molar-refractivity contribution in [1.29, 1.82) is 0 Å². The summed E-state index contributed by atoms with van der Waals surface area (Å²) >= 11 is 0. The van der Waals surface area contributed by atoms with E-state index in [1.54, 1.807) is 0 Å². The maximum atomic E-state index is 13.3. The van der Waals surface area contributed by atoms with Crippen LogP contribution >= 0.6 is 0 Å². The van der Waals surface area contributed by atoms with Gasteiger partial charge in [-0.1, -0.05) is 18.2 Å². The molecule has 2 aliphatic rings. The normalized spacial score (nSPS) is 22.2. The number of piperidine rings is 1. The lowest BCUT2D eigenvalue weighted by molar-refractivity contribution is -0.100. The van der Waals surface area contributed by atoms with Crippen molar-refractivity contribution < 1.29 is 14.3 Å². The first-order valence-electron chi connectivity index (χ1n) is 8.64. The zero-order chi connectivity index (χ0) is 16.5. The van der Waals surface area contributed by atoms with Crippen LogP contribution in [0.4, 0.5) is 0 Å². The summed E-state index contributed by atoms with van der Waals surface area (Å²) in [4.78, 5) is 19.8. The molecule has 0 N–H and O–H groups in total. The van der Waals surface area contributed by atoms with Crippen molar-refractivity contribution in [3.8, 4) is 0 Å². The molecule has 5 nitrogen and oxygen atoms in total. The summed E-state index contributed by atoms with van der Waals surface area (Å²) < 4.78 is 11.4. The van der Waals surface area contributed by atoms with Crippen molar-refractivity contribution in [3.63, 3.8) is 0 Å². The van der Waals surface area contributed by atoms with E-state index in [0.717, 1.165) is 48.0 Å². The molecule has 0 saturated carbocycles. The van der Waals surface area contributed by atoms with Crippen molar-refractivity contribution >= 4 is 16.8 Å². The van der Waals surface area contributed by atoms with E-state index >= 15 is 0 Å². The number of amides is 1. The van der Waals surface area contributed by atoms with Crippen LogP contribution in [-0.2, 0) is 9.47 Å². The first-order chi connectivity index (χ1) is 11.7. The Labute approximate surface area is 141 Å². The van der Waals surface area contributed by atoms with Gasteiger partial charge in [-0.05, 0) is 38.3 Å². The molecular weight excluding hydrogens is 304 g/mol. The van der Waals surface area contributed by atoms with Crippen LogP contribution < -0.4 is 0 Å². The maximum Gasteiger partial charge on any atom is 0.255 e. The fourth-order valence-corrected chi connectivity index (χ4v) is 3.73. The van der Waals surface area contributed by atoms with Gasteiger partial charge in [0.05, 0.1) is 30.3 Å². The molecule has 1 amide bonds. The Morgan fingerprint density at radius 2 is 2.00 bits per heavy atom. The molecule has 0 spiro atoms. The van der Waals surface area contributed by atoms with Crippen LogP contribution in [0.25, 0.3) is 10.9 Å². The number of fused-ring (bicyclic) bond motifs is 1. The van der Waals surface area contributed by atoms with Gasteiger partial charge in [0.1, 0.15) is 0 Å². The molecule has 1 atom stereocenters. The standard InChI is InChI=1S/C19H22N2O3/c1-13-12-15(14-6-2-3-7-16(14)20-13)18(22)21-9-5-4-8-17(21)19-23-10-11-24-19/h2-3,6-7,12,17,19H,4-5,8-11H2,1H3. The summed E-state index contributed by atoms with van der Waals surface area (Å²) in [5, 5.41) is 0.908. The van der Waals surface area contributed by atoms with Crippen LogP contribution in [0.3, 0.4) is 0 Å². The molecule has 2 fully saturated rings. The van der Waals surface area contributed by atoms with E-state index in [9.17, 15) is 4.79 Å². The Hall–Kier alpha value is -1.98. The van der Waals surface area contributed by atoms with Crippen molar-refractivity contribution in [2.45, 2.75) is 38.5 Å². The zero-order valence-corrected chi connectivity index (χ0v) is 13.9. The largest absolute Gasteiger partial charge is 0.348 e. The molecule has 2 aliphatic heterocycles. The summed E-state index contributed by atoms with van der Waals surface area (Å²) in [6.45, 7) is 3.91. The lowest BCUT2D eigenvalue weighted by Gasteiger charge is -2.38. The van der Waals surface area contributed by atoms with Gasteiger partial charge < -0.3 is 14.4 Å². The van der Waals surface area contributed by atoms with Gasteiger partial charge >= 0.3 is 0 Å². The number of benzene rings is 1. The molecule has 1 aromatic carbocycles. The molecule has 5 heteroatoms. The molecule has 1 unspecified atom stereocenters. The predicted octanol–water partition coefficient (Wildman–Crippen LogP) is 2.91. The molecule has 126 valence electrons. The lowest BCUT2D eigenvalue weighted by Crippen LogP contribution is -2.50. The molecule has 0 bridgehead atoms. The average molecular weight is 326 g/mol. The van der Waals surface area contributed by atoms with Crippen LogP contribution in [0.2, 0.25) is 0 Å². The summed E-state index contributed by atoms with van der Waals surface area (Å²) in [6, 6.07) is 9.72. The lowest BCUT2D eigenvalue weighted by atomic mass is 9.99. The number of para-hydroxylation sites is 1. The predicted molar refractivity (Wildman–Crippen MR) is 90.8 cm³/mol. The fraction of sp³-hybridized carbons (Fsp3) is 0.474. The number of hydrogen-bond acceptors (Lipinski definition) is 4. The van der Waals surface area contributed by atoms with Gasteiger partial charge in [-0.15, -0.1) is 0 Å². The van der Waals surface area contributed by atoms with Gasteiger partial charge in [0.25, 0.3) is 5.91 Å². The van der Waals surface area contributed by atoms with E-state index in [1.807, 2.05) is 42.2 Å². The van der Waals surface area contributed by atoms with Crippen molar-refractivity contribution in [1.82, 2.24) is 9.88 Å². The Morgan fingerprint density at radius 3 is 2.83 bits per heavy atom. The third-order valence-electron chi connectivity index (χ3n) is 4.85. The average Bonchev–Trinajstić information content (AvgIpc) is 3.15. The summed E-state index contributed by atoms with van der Waals surface area (Å²) in [6.07, 6.45) is 2.77. The molecule has 24 heavy (non-hydrogen) atoms. The van der Waals surface area contributed by atoms with Crippen molar-refractivity contribution in [2.24, 2.45) is 0 Å². The van der Waals surface area contributed by atoms with Gasteiger partial charge in [0.2, 0.25) is 0 Å². The van der Waals surface area contributed by atoms with Crippen molar-refractivity contribution in [2.75, 3.05) is 19.8 Å². The van der Waals surface area contributed by atoms with E-state index in [-0.39, 0.29) is 18.2 Å². The number of ether oxygens (including phenoxy) is 2. The third-order valence-corrected chi connectivity index (χ3v) is 4.85. The molecule has 3 heterocycles. The number of aromatic nitrogens is 1. The SMILES string of the molecule is Cc1cc(C(=O)N2CCCCC2C2OCCO2)c2ccccc2n1. The van der Waals surface area contributed by atoms with Crippen LogP contribution in [0.1, 0.15) is 35.3 Å². The van der Waals surface area contributed by atoms with E-state index in [1.165, 1.54) is 0 Å². The number of nitrogens with zero attached hydrogens (tertiary/aromatic N) is 2. The van der Waals surface area contributed by atoms with Gasteiger partial charge in [-0.3, -0.25) is 9.78 Å². The van der Waals surface area contributed by atoms with E-state index < -0.39 is 0 Å². The Morgan fingerprint density at radius 1 is 1.21 bits per heavy atom. The number of carbonyl (C=O) groups excluding carboxylic acids is 1. The summed E-state index contributed by atoms with van der Waals surface area (Å²) in [7, 11) is 0. The third kappa shape index (κ3) is 2.78. The molecule has 1 aromatic heterocycles. The highest BCUT2D eigenvalue weighted by atomic mass is 16.7.